The van der Waals surface area contributed by atoms with Gasteiger partial charge in [0.1, 0.15) is 11.6 Å². The molecule has 0 unspecified atom stereocenters. The third-order valence-corrected chi connectivity index (χ3v) is 3.08. The summed E-state index contributed by atoms with van der Waals surface area (Å²) in [5.41, 5.74) is 2.30. The van der Waals surface area contributed by atoms with E-state index in [1.54, 1.807) is 13.0 Å². The van der Waals surface area contributed by atoms with Crippen molar-refractivity contribution in [3.8, 4) is 11.4 Å². The van der Waals surface area contributed by atoms with Gasteiger partial charge in [0.05, 0.1) is 0 Å². The van der Waals surface area contributed by atoms with Crippen molar-refractivity contribution < 1.29 is 4.39 Å². The summed E-state index contributed by atoms with van der Waals surface area (Å²) in [4.78, 5) is 8.96. The van der Waals surface area contributed by atoms with Crippen molar-refractivity contribution in [1.82, 2.24) is 9.97 Å². The summed E-state index contributed by atoms with van der Waals surface area (Å²) in [6.45, 7) is 6.03. The van der Waals surface area contributed by atoms with Crippen LogP contribution in [0.2, 0.25) is 0 Å². The summed E-state index contributed by atoms with van der Waals surface area (Å²) in [6.07, 6.45) is 0.874. The monoisotopic (exact) mass is 273 g/mol. The van der Waals surface area contributed by atoms with Gasteiger partial charge >= 0.3 is 0 Å². The normalized spacial score (nSPS) is 10.9. The Kier molecular flexibility index (Phi) is 4.32. The predicted octanol–water partition coefficient (Wildman–Crippen LogP) is 3.83. The van der Waals surface area contributed by atoms with E-state index in [2.05, 4.69) is 29.1 Å². The average molecular weight is 273 g/mol. The first-order chi connectivity index (χ1) is 9.49. The van der Waals surface area contributed by atoms with Crippen LogP contribution in [-0.2, 0) is 6.42 Å². The number of nitrogens with one attached hydrogen (secondary N) is 1. The number of anilines is 1. The second kappa shape index (κ2) is 5.99. The molecule has 2 rings (SSSR count). The Morgan fingerprint density at radius 2 is 1.95 bits per heavy atom. The standard InChI is InChI=1S/C16H20FN3/c1-10(2)7-13-9-15(18-4)20-16(19-13)12-6-5-11(3)14(17)8-12/h5-6,8-10H,7H2,1-4H3,(H,18,19,20). The maximum absolute atomic E-state index is 13.7. The first kappa shape index (κ1) is 14.4. The molecule has 1 aromatic heterocycles. The molecule has 3 nitrogen and oxygen atoms in total. The summed E-state index contributed by atoms with van der Waals surface area (Å²) in [5, 5.41) is 3.03. The van der Waals surface area contributed by atoms with Crippen molar-refractivity contribution in [2.45, 2.75) is 27.2 Å². The molecular weight excluding hydrogens is 253 g/mol. The highest BCUT2D eigenvalue weighted by Crippen LogP contribution is 2.21. The molecule has 106 valence electrons. The number of halogens is 1. The van der Waals surface area contributed by atoms with Crippen LogP contribution in [0.5, 0.6) is 0 Å². The van der Waals surface area contributed by atoms with E-state index in [1.165, 1.54) is 6.07 Å². The van der Waals surface area contributed by atoms with E-state index in [9.17, 15) is 4.39 Å². The van der Waals surface area contributed by atoms with E-state index < -0.39 is 0 Å². The molecule has 0 aliphatic heterocycles. The van der Waals surface area contributed by atoms with Crippen molar-refractivity contribution in [2.75, 3.05) is 12.4 Å². The van der Waals surface area contributed by atoms with Gasteiger partial charge in [-0.2, -0.15) is 0 Å². The molecule has 0 atom stereocenters. The van der Waals surface area contributed by atoms with E-state index in [0.29, 0.717) is 22.9 Å². The highest BCUT2D eigenvalue weighted by molar-refractivity contribution is 5.58. The average Bonchev–Trinajstić information content (AvgIpc) is 2.40. The molecule has 0 fully saturated rings. The maximum atomic E-state index is 13.7. The van der Waals surface area contributed by atoms with Crippen molar-refractivity contribution >= 4 is 5.82 Å². The van der Waals surface area contributed by atoms with Crippen LogP contribution < -0.4 is 5.32 Å². The van der Waals surface area contributed by atoms with E-state index in [4.69, 9.17) is 0 Å². The number of aryl methyl sites for hydroxylation is 1. The SMILES string of the molecule is CNc1cc(CC(C)C)nc(-c2ccc(C)c(F)c2)n1. The minimum atomic E-state index is -0.230. The molecule has 0 aliphatic rings. The highest BCUT2D eigenvalue weighted by Gasteiger charge is 2.09. The molecule has 0 saturated heterocycles. The van der Waals surface area contributed by atoms with Crippen LogP contribution in [0.15, 0.2) is 24.3 Å². The molecule has 0 aliphatic carbocycles. The Balaban J connectivity index is 2.46. The first-order valence-electron chi connectivity index (χ1n) is 6.82. The van der Waals surface area contributed by atoms with Gasteiger partial charge in [-0.1, -0.05) is 26.0 Å². The molecule has 2 aromatic rings. The summed E-state index contributed by atoms with van der Waals surface area (Å²) < 4.78 is 13.7. The maximum Gasteiger partial charge on any atom is 0.161 e. The van der Waals surface area contributed by atoms with Crippen molar-refractivity contribution in [3.63, 3.8) is 0 Å². The molecule has 0 radical (unpaired) electrons. The Hall–Kier alpha value is -1.97. The highest BCUT2D eigenvalue weighted by atomic mass is 19.1. The lowest BCUT2D eigenvalue weighted by atomic mass is 10.1. The van der Waals surface area contributed by atoms with Crippen molar-refractivity contribution in [3.05, 3.63) is 41.3 Å². The van der Waals surface area contributed by atoms with E-state index in [1.807, 2.05) is 19.2 Å². The van der Waals surface area contributed by atoms with Crippen LogP contribution >= 0.6 is 0 Å². The largest absolute Gasteiger partial charge is 0.373 e. The number of hydrogen-bond donors (Lipinski definition) is 1. The van der Waals surface area contributed by atoms with Gasteiger partial charge in [0.2, 0.25) is 0 Å². The number of rotatable bonds is 4. The van der Waals surface area contributed by atoms with Gasteiger partial charge in [-0.05, 0) is 30.9 Å². The van der Waals surface area contributed by atoms with Crippen molar-refractivity contribution in [2.24, 2.45) is 5.92 Å². The van der Waals surface area contributed by atoms with Gasteiger partial charge in [0, 0.05) is 24.4 Å². The van der Waals surface area contributed by atoms with E-state index in [-0.39, 0.29) is 5.82 Å². The van der Waals surface area contributed by atoms with Crippen LogP contribution in [0.25, 0.3) is 11.4 Å². The number of benzene rings is 1. The van der Waals surface area contributed by atoms with Gasteiger partial charge < -0.3 is 5.32 Å². The van der Waals surface area contributed by atoms with Gasteiger partial charge in [-0.25, -0.2) is 14.4 Å². The Labute approximate surface area is 119 Å². The van der Waals surface area contributed by atoms with Gasteiger partial charge in [-0.15, -0.1) is 0 Å². The quantitative estimate of drug-likeness (QED) is 0.920. The molecule has 0 bridgehead atoms. The van der Waals surface area contributed by atoms with Crippen LogP contribution in [0.3, 0.4) is 0 Å². The predicted molar refractivity (Wildman–Crippen MR) is 80.3 cm³/mol. The minimum absolute atomic E-state index is 0.230. The lowest BCUT2D eigenvalue weighted by Crippen LogP contribution is -2.04. The van der Waals surface area contributed by atoms with Crippen LogP contribution in [0, 0.1) is 18.7 Å². The second-order valence-corrected chi connectivity index (χ2v) is 5.38. The molecule has 4 heteroatoms. The van der Waals surface area contributed by atoms with Crippen LogP contribution in [0.4, 0.5) is 10.2 Å². The van der Waals surface area contributed by atoms with Crippen LogP contribution in [-0.4, -0.2) is 17.0 Å². The zero-order chi connectivity index (χ0) is 14.7. The number of hydrogen-bond acceptors (Lipinski definition) is 3. The molecule has 1 N–H and O–H groups in total. The third-order valence-electron chi connectivity index (χ3n) is 3.08. The lowest BCUT2D eigenvalue weighted by molar-refractivity contribution is 0.618. The van der Waals surface area contributed by atoms with Gasteiger partial charge in [-0.3, -0.25) is 0 Å². The summed E-state index contributed by atoms with van der Waals surface area (Å²) in [6, 6.07) is 7.03. The van der Waals surface area contributed by atoms with Crippen LogP contribution in [0.1, 0.15) is 25.1 Å². The second-order valence-electron chi connectivity index (χ2n) is 5.38. The number of aromatic nitrogens is 2. The molecule has 0 spiro atoms. The minimum Gasteiger partial charge on any atom is -0.373 e. The lowest BCUT2D eigenvalue weighted by Gasteiger charge is -2.10. The first-order valence-corrected chi connectivity index (χ1v) is 6.82. The molecular formula is C16H20FN3. The zero-order valence-electron chi connectivity index (χ0n) is 12.4. The van der Waals surface area contributed by atoms with Crippen molar-refractivity contribution in [1.29, 1.82) is 0 Å². The van der Waals surface area contributed by atoms with Gasteiger partial charge in [0.25, 0.3) is 0 Å². The fourth-order valence-corrected chi connectivity index (χ4v) is 2.01. The molecule has 20 heavy (non-hydrogen) atoms. The smallest absolute Gasteiger partial charge is 0.161 e. The summed E-state index contributed by atoms with van der Waals surface area (Å²) in [7, 11) is 1.82. The summed E-state index contributed by atoms with van der Waals surface area (Å²) in [5.74, 6) is 1.60. The fourth-order valence-electron chi connectivity index (χ4n) is 2.01. The Morgan fingerprint density at radius 3 is 2.55 bits per heavy atom. The number of nitrogens with zero attached hydrogens (tertiary/aromatic N) is 2. The molecule has 1 aromatic carbocycles. The van der Waals surface area contributed by atoms with E-state index in [0.717, 1.165) is 17.9 Å². The Bertz CT molecular complexity index is 609. The molecule has 1 heterocycles. The van der Waals surface area contributed by atoms with Gasteiger partial charge in [0.15, 0.2) is 5.82 Å². The third kappa shape index (κ3) is 3.32. The zero-order valence-corrected chi connectivity index (χ0v) is 12.4. The van der Waals surface area contributed by atoms with E-state index >= 15 is 0 Å². The molecule has 0 saturated carbocycles. The summed E-state index contributed by atoms with van der Waals surface area (Å²) >= 11 is 0. The molecule has 0 amide bonds. The fraction of sp³-hybridized carbons (Fsp3) is 0.375. The Morgan fingerprint density at radius 1 is 1.20 bits per heavy atom. The topological polar surface area (TPSA) is 37.8 Å².